The van der Waals surface area contributed by atoms with E-state index in [4.69, 9.17) is 5.26 Å². The van der Waals surface area contributed by atoms with Gasteiger partial charge in [0.25, 0.3) is 0 Å². The highest BCUT2D eigenvalue weighted by molar-refractivity contribution is 5.78. The Labute approximate surface area is 97.4 Å². The van der Waals surface area contributed by atoms with Crippen molar-refractivity contribution < 1.29 is 4.79 Å². The highest BCUT2D eigenvalue weighted by Gasteiger charge is 2.23. The zero-order valence-electron chi connectivity index (χ0n) is 10.2. The molecular weight excluding hydrogens is 202 g/mol. The molecule has 0 bridgehead atoms. The molecule has 4 nitrogen and oxygen atoms in total. The Bertz CT molecular complexity index is 276. The number of carbonyl (C=O) groups excluding carboxylic acids is 1. The lowest BCUT2D eigenvalue weighted by atomic mass is 9.88. The van der Waals surface area contributed by atoms with Crippen LogP contribution in [0.15, 0.2) is 0 Å². The van der Waals surface area contributed by atoms with E-state index < -0.39 is 0 Å². The first-order valence-electron chi connectivity index (χ1n) is 5.90. The molecule has 1 rings (SSSR count). The van der Waals surface area contributed by atoms with Crippen LogP contribution in [0.2, 0.25) is 0 Å². The lowest BCUT2D eigenvalue weighted by molar-refractivity contribution is -0.120. The predicted molar refractivity (Wildman–Crippen MR) is 62.7 cm³/mol. The Morgan fingerprint density at radius 1 is 1.50 bits per heavy atom. The van der Waals surface area contributed by atoms with E-state index in [-0.39, 0.29) is 11.3 Å². The van der Waals surface area contributed by atoms with Crippen molar-refractivity contribution in [2.75, 3.05) is 13.1 Å². The second kappa shape index (κ2) is 5.86. The SMILES string of the molecule is CC(C)(CCC#N)CNCC(=O)NC1CC1. The third-order valence-electron chi connectivity index (χ3n) is 2.75. The fraction of sp³-hybridized carbons (Fsp3) is 0.833. The summed E-state index contributed by atoms with van der Waals surface area (Å²) in [7, 11) is 0. The van der Waals surface area contributed by atoms with Gasteiger partial charge < -0.3 is 10.6 Å². The molecule has 0 aliphatic heterocycles. The fourth-order valence-corrected chi connectivity index (χ4v) is 1.50. The first-order chi connectivity index (χ1) is 7.53. The smallest absolute Gasteiger partial charge is 0.234 e. The number of carbonyl (C=O) groups is 1. The molecule has 0 aromatic heterocycles. The molecule has 16 heavy (non-hydrogen) atoms. The molecule has 0 radical (unpaired) electrons. The van der Waals surface area contributed by atoms with Gasteiger partial charge in [-0.25, -0.2) is 0 Å². The number of nitrogens with one attached hydrogen (secondary N) is 2. The molecule has 2 N–H and O–H groups in total. The van der Waals surface area contributed by atoms with Crippen molar-refractivity contribution in [1.82, 2.24) is 10.6 Å². The Hall–Kier alpha value is -1.08. The molecule has 4 heteroatoms. The molecule has 90 valence electrons. The van der Waals surface area contributed by atoms with Crippen LogP contribution in [0.4, 0.5) is 0 Å². The molecule has 0 unspecified atom stereocenters. The number of hydrogen-bond donors (Lipinski definition) is 2. The van der Waals surface area contributed by atoms with Crippen LogP contribution in [0, 0.1) is 16.7 Å². The third kappa shape index (κ3) is 5.72. The van der Waals surface area contributed by atoms with Crippen LogP contribution in [0.3, 0.4) is 0 Å². The molecule has 0 spiro atoms. The van der Waals surface area contributed by atoms with E-state index in [9.17, 15) is 4.79 Å². The molecule has 0 heterocycles. The van der Waals surface area contributed by atoms with Gasteiger partial charge in [-0.15, -0.1) is 0 Å². The van der Waals surface area contributed by atoms with E-state index in [1.54, 1.807) is 0 Å². The quantitative estimate of drug-likeness (QED) is 0.681. The van der Waals surface area contributed by atoms with Gasteiger partial charge in [0.05, 0.1) is 12.6 Å². The van der Waals surface area contributed by atoms with E-state index in [0.29, 0.717) is 19.0 Å². The summed E-state index contributed by atoms with van der Waals surface area (Å²) in [5.74, 6) is 0.0820. The van der Waals surface area contributed by atoms with Gasteiger partial charge in [0.15, 0.2) is 0 Å². The maximum absolute atomic E-state index is 11.4. The summed E-state index contributed by atoms with van der Waals surface area (Å²) in [6, 6.07) is 2.58. The molecule has 0 aromatic rings. The van der Waals surface area contributed by atoms with Gasteiger partial charge in [-0.3, -0.25) is 4.79 Å². The summed E-state index contributed by atoms with van der Waals surface area (Å²) >= 11 is 0. The Kier molecular flexibility index (Phi) is 4.75. The Morgan fingerprint density at radius 3 is 2.75 bits per heavy atom. The van der Waals surface area contributed by atoms with Crippen LogP contribution in [-0.4, -0.2) is 25.0 Å². The van der Waals surface area contributed by atoms with Gasteiger partial charge in [-0.1, -0.05) is 13.8 Å². The second-order valence-corrected chi connectivity index (χ2v) is 5.27. The number of nitrogens with zero attached hydrogens (tertiary/aromatic N) is 1. The van der Waals surface area contributed by atoms with Crippen LogP contribution in [0.5, 0.6) is 0 Å². The highest BCUT2D eigenvalue weighted by atomic mass is 16.2. The van der Waals surface area contributed by atoms with Crippen molar-refractivity contribution in [1.29, 1.82) is 5.26 Å². The summed E-state index contributed by atoms with van der Waals surface area (Å²) in [5.41, 5.74) is 0.0790. The first-order valence-corrected chi connectivity index (χ1v) is 5.90. The van der Waals surface area contributed by atoms with Gasteiger partial charge in [-0.2, -0.15) is 5.26 Å². The topological polar surface area (TPSA) is 64.9 Å². The summed E-state index contributed by atoms with van der Waals surface area (Å²) < 4.78 is 0. The molecule has 1 amide bonds. The monoisotopic (exact) mass is 223 g/mol. The maximum Gasteiger partial charge on any atom is 0.234 e. The minimum absolute atomic E-state index is 0.0790. The van der Waals surface area contributed by atoms with Crippen molar-refractivity contribution in [3.05, 3.63) is 0 Å². The lowest BCUT2D eigenvalue weighted by Crippen LogP contribution is -2.38. The molecule has 0 atom stereocenters. The van der Waals surface area contributed by atoms with Crippen molar-refractivity contribution in [2.45, 2.75) is 45.6 Å². The zero-order valence-corrected chi connectivity index (χ0v) is 10.2. The van der Waals surface area contributed by atoms with E-state index in [0.717, 1.165) is 25.8 Å². The minimum Gasteiger partial charge on any atom is -0.352 e. The largest absolute Gasteiger partial charge is 0.352 e. The van der Waals surface area contributed by atoms with Gasteiger partial charge in [0.1, 0.15) is 0 Å². The summed E-state index contributed by atoms with van der Waals surface area (Å²) in [6.45, 7) is 5.37. The van der Waals surface area contributed by atoms with Gasteiger partial charge in [-0.05, 0) is 24.7 Å². The normalized spacial score (nSPS) is 15.6. The van der Waals surface area contributed by atoms with Crippen molar-refractivity contribution in [3.8, 4) is 6.07 Å². The van der Waals surface area contributed by atoms with Crippen molar-refractivity contribution >= 4 is 5.91 Å². The first kappa shape index (κ1) is 13.0. The van der Waals surface area contributed by atoms with Crippen LogP contribution < -0.4 is 10.6 Å². The summed E-state index contributed by atoms with van der Waals surface area (Å²) in [6.07, 6.45) is 3.68. The summed E-state index contributed by atoms with van der Waals surface area (Å²) in [4.78, 5) is 11.4. The van der Waals surface area contributed by atoms with Crippen LogP contribution >= 0.6 is 0 Å². The van der Waals surface area contributed by atoms with E-state index in [1.165, 1.54) is 0 Å². The van der Waals surface area contributed by atoms with E-state index in [2.05, 4.69) is 30.6 Å². The van der Waals surface area contributed by atoms with E-state index >= 15 is 0 Å². The molecule has 1 aliphatic rings. The van der Waals surface area contributed by atoms with Crippen LogP contribution in [0.1, 0.15) is 39.5 Å². The van der Waals surface area contributed by atoms with Crippen molar-refractivity contribution in [2.24, 2.45) is 5.41 Å². The Balaban J connectivity index is 2.08. The highest BCUT2D eigenvalue weighted by Crippen LogP contribution is 2.20. The molecule has 0 saturated heterocycles. The maximum atomic E-state index is 11.4. The molecule has 1 fully saturated rings. The number of rotatable bonds is 7. The second-order valence-electron chi connectivity index (χ2n) is 5.27. The third-order valence-corrected chi connectivity index (χ3v) is 2.75. The molecular formula is C12H21N3O. The van der Waals surface area contributed by atoms with Gasteiger partial charge in [0.2, 0.25) is 5.91 Å². The Morgan fingerprint density at radius 2 is 2.19 bits per heavy atom. The lowest BCUT2D eigenvalue weighted by Gasteiger charge is -2.23. The minimum atomic E-state index is 0.0790. The fourth-order valence-electron chi connectivity index (χ4n) is 1.50. The standard InChI is InChI=1S/C12H21N3O/c1-12(2,6-3-7-13)9-14-8-11(16)15-10-4-5-10/h10,14H,3-6,8-9H2,1-2H3,(H,15,16). The van der Waals surface area contributed by atoms with Crippen molar-refractivity contribution in [3.63, 3.8) is 0 Å². The molecule has 1 saturated carbocycles. The molecule has 1 aliphatic carbocycles. The number of hydrogen-bond acceptors (Lipinski definition) is 3. The van der Waals surface area contributed by atoms with Crippen LogP contribution in [-0.2, 0) is 4.79 Å². The number of nitriles is 1. The summed E-state index contributed by atoms with van der Waals surface area (Å²) in [5, 5.41) is 14.6. The average Bonchev–Trinajstić information content (AvgIpc) is 2.98. The molecule has 0 aromatic carbocycles. The van der Waals surface area contributed by atoms with Gasteiger partial charge >= 0.3 is 0 Å². The van der Waals surface area contributed by atoms with Gasteiger partial charge in [0, 0.05) is 19.0 Å². The zero-order chi connectivity index (χ0) is 12.0. The van der Waals surface area contributed by atoms with E-state index in [1.807, 2.05) is 0 Å². The predicted octanol–water partition coefficient (Wildman–Crippen LogP) is 1.18. The van der Waals surface area contributed by atoms with Crippen LogP contribution in [0.25, 0.3) is 0 Å². The number of amides is 1. The average molecular weight is 223 g/mol.